The van der Waals surface area contributed by atoms with E-state index in [2.05, 4.69) is 0 Å². The van der Waals surface area contributed by atoms with Gasteiger partial charge in [-0.1, -0.05) is 0 Å². The zero-order valence-corrected chi connectivity index (χ0v) is 9.78. The van der Waals surface area contributed by atoms with Crippen LogP contribution in [0.4, 0.5) is 0 Å². The van der Waals surface area contributed by atoms with Gasteiger partial charge in [0, 0.05) is 18.7 Å². The van der Waals surface area contributed by atoms with Crippen LogP contribution in [0.15, 0.2) is 0 Å². The summed E-state index contributed by atoms with van der Waals surface area (Å²) in [6, 6.07) is -0.658. The van der Waals surface area contributed by atoms with Gasteiger partial charge in [0.1, 0.15) is 6.04 Å². The van der Waals surface area contributed by atoms with Crippen molar-refractivity contribution in [3.05, 3.63) is 0 Å². The Labute approximate surface area is 98.4 Å². The first kappa shape index (κ1) is 11.7. The molecule has 2 rings (SSSR count). The Bertz CT molecular complexity index is 306. The van der Waals surface area contributed by atoms with Gasteiger partial charge < -0.3 is 15.7 Å². The van der Waals surface area contributed by atoms with Gasteiger partial charge >= 0.3 is 5.97 Å². The topological polar surface area (TPSA) is 83.6 Å². The fourth-order valence-electron chi connectivity index (χ4n) is 2.03. The summed E-state index contributed by atoms with van der Waals surface area (Å²) in [6.45, 7) is 0.281. The molecule has 1 saturated carbocycles. The molecule has 0 bridgehead atoms. The lowest BCUT2D eigenvalue weighted by Crippen LogP contribution is -2.46. The lowest BCUT2D eigenvalue weighted by Gasteiger charge is -2.27. The van der Waals surface area contributed by atoms with Crippen molar-refractivity contribution in [1.29, 1.82) is 0 Å². The molecule has 1 amide bonds. The van der Waals surface area contributed by atoms with Crippen molar-refractivity contribution < 1.29 is 14.7 Å². The third-order valence-electron chi connectivity index (χ3n) is 2.99. The van der Waals surface area contributed by atoms with Gasteiger partial charge in [-0.25, -0.2) is 4.79 Å². The number of carbonyl (C=O) groups excluding carboxylic acids is 1. The standard InChI is InChI=1S/C10H16N2O3S/c11-4-3-8(13)12-7(10(14)15)5-16-9(12)6-1-2-6/h6-7,9H,1-5,11H2,(H,14,15). The maximum Gasteiger partial charge on any atom is 0.327 e. The lowest BCUT2D eigenvalue weighted by molar-refractivity contribution is -0.149. The van der Waals surface area contributed by atoms with E-state index in [4.69, 9.17) is 10.8 Å². The summed E-state index contributed by atoms with van der Waals surface area (Å²) in [7, 11) is 0. The minimum atomic E-state index is -0.902. The molecule has 5 nitrogen and oxygen atoms in total. The van der Waals surface area contributed by atoms with Crippen LogP contribution in [0.2, 0.25) is 0 Å². The fraction of sp³-hybridized carbons (Fsp3) is 0.800. The second-order valence-corrected chi connectivity index (χ2v) is 5.40. The SMILES string of the molecule is NCCC(=O)N1C(C(=O)O)CSC1C1CC1. The van der Waals surface area contributed by atoms with E-state index in [0.29, 0.717) is 11.7 Å². The van der Waals surface area contributed by atoms with Crippen LogP contribution in [0, 0.1) is 5.92 Å². The van der Waals surface area contributed by atoms with Crippen LogP contribution in [0.1, 0.15) is 19.3 Å². The van der Waals surface area contributed by atoms with E-state index >= 15 is 0 Å². The Morgan fingerprint density at radius 3 is 2.62 bits per heavy atom. The molecule has 2 atom stereocenters. The molecule has 1 aliphatic heterocycles. The highest BCUT2D eigenvalue weighted by molar-refractivity contribution is 8.00. The summed E-state index contributed by atoms with van der Waals surface area (Å²) in [5, 5.41) is 9.15. The van der Waals surface area contributed by atoms with Gasteiger partial charge in [0.15, 0.2) is 0 Å². The Kier molecular flexibility index (Phi) is 3.39. The summed E-state index contributed by atoms with van der Waals surface area (Å²) in [5.41, 5.74) is 5.35. The first-order chi connectivity index (χ1) is 7.65. The van der Waals surface area contributed by atoms with E-state index in [9.17, 15) is 9.59 Å². The molecule has 2 unspecified atom stereocenters. The zero-order valence-electron chi connectivity index (χ0n) is 8.96. The predicted octanol–water partition coefficient (Wildman–Crippen LogP) is 0.0999. The number of nitrogens with two attached hydrogens (primary N) is 1. The number of nitrogens with zero attached hydrogens (tertiary/aromatic N) is 1. The van der Waals surface area contributed by atoms with Gasteiger partial charge in [0.25, 0.3) is 0 Å². The molecule has 0 aromatic carbocycles. The summed E-state index contributed by atoms with van der Waals surface area (Å²) in [6.07, 6.45) is 2.46. The Morgan fingerprint density at radius 2 is 2.12 bits per heavy atom. The van der Waals surface area contributed by atoms with Gasteiger partial charge in [-0.2, -0.15) is 0 Å². The average Bonchev–Trinajstić information content (AvgIpc) is 2.97. The second-order valence-electron chi connectivity index (χ2n) is 4.26. The number of carboxylic acid groups (broad SMARTS) is 1. The Balaban J connectivity index is 2.10. The number of hydrogen-bond donors (Lipinski definition) is 2. The highest BCUT2D eigenvalue weighted by atomic mass is 32.2. The molecule has 1 aliphatic carbocycles. The van der Waals surface area contributed by atoms with Crippen LogP contribution < -0.4 is 5.73 Å². The van der Waals surface area contributed by atoms with E-state index in [1.165, 1.54) is 0 Å². The summed E-state index contributed by atoms with van der Waals surface area (Å²) in [5.74, 6) is -0.0128. The van der Waals surface area contributed by atoms with Gasteiger partial charge in [-0.15, -0.1) is 11.8 Å². The molecular formula is C10H16N2O3S. The van der Waals surface area contributed by atoms with Crippen LogP contribution in [0.5, 0.6) is 0 Å². The molecule has 1 heterocycles. The molecule has 1 saturated heterocycles. The highest BCUT2D eigenvalue weighted by Gasteiger charge is 2.47. The van der Waals surface area contributed by atoms with Crippen molar-refractivity contribution in [2.75, 3.05) is 12.3 Å². The van der Waals surface area contributed by atoms with Crippen LogP contribution >= 0.6 is 11.8 Å². The fourth-order valence-corrected chi connectivity index (χ4v) is 3.68. The predicted molar refractivity (Wildman–Crippen MR) is 60.9 cm³/mol. The number of carbonyl (C=O) groups is 2. The largest absolute Gasteiger partial charge is 0.480 e. The molecule has 2 aliphatic rings. The molecule has 3 N–H and O–H groups in total. The minimum absolute atomic E-state index is 0.0696. The molecule has 0 spiro atoms. The third-order valence-corrected chi connectivity index (χ3v) is 4.45. The van der Waals surface area contributed by atoms with Crippen LogP contribution in [0.25, 0.3) is 0 Å². The smallest absolute Gasteiger partial charge is 0.327 e. The van der Waals surface area contributed by atoms with E-state index in [0.717, 1.165) is 12.8 Å². The normalized spacial score (nSPS) is 29.4. The van der Waals surface area contributed by atoms with Crippen molar-refractivity contribution in [2.24, 2.45) is 11.7 Å². The molecule has 6 heteroatoms. The lowest BCUT2D eigenvalue weighted by atomic mass is 10.2. The number of carboxylic acids is 1. The van der Waals surface area contributed by atoms with Crippen molar-refractivity contribution in [3.63, 3.8) is 0 Å². The van der Waals surface area contributed by atoms with E-state index < -0.39 is 12.0 Å². The number of rotatable bonds is 4. The van der Waals surface area contributed by atoms with E-state index in [1.807, 2.05) is 0 Å². The summed E-state index contributed by atoms with van der Waals surface area (Å²) in [4.78, 5) is 24.5. The van der Waals surface area contributed by atoms with Gasteiger partial charge in [0.05, 0.1) is 5.37 Å². The van der Waals surface area contributed by atoms with Crippen LogP contribution in [0.3, 0.4) is 0 Å². The Hall–Kier alpha value is -0.750. The van der Waals surface area contributed by atoms with E-state index in [1.54, 1.807) is 16.7 Å². The van der Waals surface area contributed by atoms with Gasteiger partial charge in [-0.05, 0) is 18.8 Å². The Morgan fingerprint density at radius 1 is 1.44 bits per heavy atom. The molecule has 0 aromatic rings. The average molecular weight is 244 g/mol. The monoisotopic (exact) mass is 244 g/mol. The van der Waals surface area contributed by atoms with Crippen LogP contribution in [-0.2, 0) is 9.59 Å². The number of thioether (sulfide) groups is 1. The molecule has 0 radical (unpaired) electrons. The quantitative estimate of drug-likeness (QED) is 0.733. The number of amides is 1. The molecule has 16 heavy (non-hydrogen) atoms. The molecular weight excluding hydrogens is 228 g/mol. The third kappa shape index (κ3) is 2.17. The number of hydrogen-bond acceptors (Lipinski definition) is 4. The summed E-state index contributed by atoms with van der Waals surface area (Å²) < 4.78 is 0. The molecule has 90 valence electrons. The number of aliphatic carboxylic acids is 1. The molecule has 2 fully saturated rings. The zero-order chi connectivity index (χ0) is 11.7. The minimum Gasteiger partial charge on any atom is -0.480 e. The second kappa shape index (κ2) is 4.63. The maximum absolute atomic E-state index is 11.9. The first-order valence-corrected chi connectivity index (χ1v) is 6.55. The van der Waals surface area contributed by atoms with Crippen molar-refractivity contribution in [3.8, 4) is 0 Å². The van der Waals surface area contributed by atoms with Crippen molar-refractivity contribution in [1.82, 2.24) is 4.90 Å². The highest BCUT2D eigenvalue weighted by Crippen LogP contribution is 2.45. The first-order valence-electron chi connectivity index (χ1n) is 5.50. The summed E-state index contributed by atoms with van der Waals surface area (Å²) >= 11 is 1.60. The van der Waals surface area contributed by atoms with Gasteiger partial charge in [0.2, 0.25) is 5.91 Å². The van der Waals surface area contributed by atoms with Crippen LogP contribution in [-0.4, -0.2) is 45.6 Å². The van der Waals surface area contributed by atoms with Crippen molar-refractivity contribution >= 4 is 23.6 Å². The molecule has 0 aromatic heterocycles. The maximum atomic E-state index is 11.9. The van der Waals surface area contributed by atoms with Crippen molar-refractivity contribution in [2.45, 2.75) is 30.7 Å². The van der Waals surface area contributed by atoms with E-state index in [-0.39, 0.29) is 24.2 Å². The van der Waals surface area contributed by atoms with Gasteiger partial charge in [-0.3, -0.25) is 4.79 Å².